The number of anilines is 1. The lowest BCUT2D eigenvalue weighted by Gasteiger charge is -2.22. The average Bonchev–Trinajstić information content (AvgIpc) is 2.95. The molecule has 0 aliphatic carbocycles. The molecule has 0 saturated carbocycles. The van der Waals surface area contributed by atoms with Crippen molar-refractivity contribution in [3.63, 3.8) is 0 Å². The second-order valence-electron chi connectivity index (χ2n) is 7.30. The van der Waals surface area contributed by atoms with E-state index in [9.17, 15) is 9.59 Å². The fourth-order valence-electron chi connectivity index (χ4n) is 3.11. The summed E-state index contributed by atoms with van der Waals surface area (Å²) in [6.45, 7) is 6.49. The number of benzene rings is 1. The van der Waals surface area contributed by atoms with Gasteiger partial charge in [0, 0.05) is 48.7 Å². The second-order valence-corrected chi connectivity index (χ2v) is 8.68. The van der Waals surface area contributed by atoms with Crippen molar-refractivity contribution in [3.05, 3.63) is 45.4 Å². The monoisotopic (exact) mass is 420 g/mol. The Morgan fingerprint density at radius 2 is 1.96 bits per heavy atom. The summed E-state index contributed by atoms with van der Waals surface area (Å²) in [6, 6.07) is 6.89. The zero-order valence-electron chi connectivity index (χ0n) is 16.2. The van der Waals surface area contributed by atoms with Gasteiger partial charge in [-0.05, 0) is 30.5 Å². The van der Waals surface area contributed by atoms with Gasteiger partial charge in [0.1, 0.15) is 5.69 Å². The van der Waals surface area contributed by atoms with Crippen LogP contribution in [-0.4, -0.2) is 52.9 Å². The summed E-state index contributed by atoms with van der Waals surface area (Å²) in [5.74, 6) is 0.460. The van der Waals surface area contributed by atoms with Crippen LogP contribution in [0.2, 0.25) is 5.02 Å². The molecule has 8 heteroatoms. The van der Waals surface area contributed by atoms with E-state index >= 15 is 0 Å². The van der Waals surface area contributed by atoms with Crippen molar-refractivity contribution in [3.8, 4) is 0 Å². The number of halogens is 1. The van der Waals surface area contributed by atoms with E-state index in [2.05, 4.69) is 24.1 Å². The Labute approximate surface area is 174 Å². The Morgan fingerprint density at radius 1 is 1.21 bits per heavy atom. The van der Waals surface area contributed by atoms with Crippen LogP contribution in [0.1, 0.15) is 35.8 Å². The van der Waals surface area contributed by atoms with E-state index < -0.39 is 0 Å². The molecule has 28 heavy (non-hydrogen) atoms. The van der Waals surface area contributed by atoms with E-state index in [0.717, 1.165) is 17.8 Å². The van der Waals surface area contributed by atoms with E-state index in [1.54, 1.807) is 34.1 Å². The first-order valence-corrected chi connectivity index (χ1v) is 10.7. The van der Waals surface area contributed by atoms with Gasteiger partial charge in [-0.2, -0.15) is 0 Å². The van der Waals surface area contributed by atoms with Gasteiger partial charge in [0.15, 0.2) is 0 Å². The van der Waals surface area contributed by atoms with Crippen LogP contribution in [0.4, 0.5) is 10.5 Å². The quantitative estimate of drug-likeness (QED) is 0.798. The highest BCUT2D eigenvalue weighted by atomic mass is 35.5. The molecule has 150 valence electrons. The molecule has 6 nitrogen and oxygen atoms in total. The Kier molecular flexibility index (Phi) is 6.91. The number of amides is 3. The molecule has 2 heterocycles. The third-order valence-electron chi connectivity index (χ3n) is 4.50. The largest absolute Gasteiger partial charge is 0.335 e. The SMILES string of the molecule is CC(C)Cc1nc(C(=O)N2CCCN(C(=O)Nc3cccc(Cl)c3)CC2)cs1. The van der Waals surface area contributed by atoms with Gasteiger partial charge in [-0.15, -0.1) is 11.3 Å². The van der Waals surface area contributed by atoms with Gasteiger partial charge in [0.05, 0.1) is 5.01 Å². The van der Waals surface area contributed by atoms with Crippen molar-refractivity contribution in [2.75, 3.05) is 31.5 Å². The van der Waals surface area contributed by atoms with Crippen molar-refractivity contribution >= 4 is 40.6 Å². The van der Waals surface area contributed by atoms with Crippen LogP contribution in [0, 0.1) is 5.92 Å². The van der Waals surface area contributed by atoms with E-state index in [4.69, 9.17) is 11.6 Å². The molecule has 1 saturated heterocycles. The number of nitrogens with one attached hydrogen (secondary N) is 1. The molecule has 3 rings (SSSR count). The van der Waals surface area contributed by atoms with Gasteiger partial charge in [0.2, 0.25) is 0 Å². The van der Waals surface area contributed by atoms with Crippen LogP contribution in [0.5, 0.6) is 0 Å². The van der Waals surface area contributed by atoms with Crippen LogP contribution in [0.25, 0.3) is 0 Å². The minimum Gasteiger partial charge on any atom is -0.335 e. The van der Waals surface area contributed by atoms with Crippen molar-refractivity contribution in [1.82, 2.24) is 14.8 Å². The lowest BCUT2D eigenvalue weighted by Crippen LogP contribution is -2.39. The molecule has 2 aromatic rings. The Bertz CT molecular complexity index is 839. The first kappa shape index (κ1) is 20.6. The minimum atomic E-state index is -0.176. The van der Waals surface area contributed by atoms with Gasteiger partial charge in [0.25, 0.3) is 5.91 Å². The van der Waals surface area contributed by atoms with E-state index in [-0.39, 0.29) is 11.9 Å². The van der Waals surface area contributed by atoms with Gasteiger partial charge >= 0.3 is 6.03 Å². The van der Waals surface area contributed by atoms with E-state index in [1.165, 1.54) is 11.3 Å². The number of carbonyl (C=O) groups excluding carboxylic acids is 2. The third-order valence-corrected chi connectivity index (χ3v) is 5.61. The molecule has 0 atom stereocenters. The zero-order chi connectivity index (χ0) is 20.1. The van der Waals surface area contributed by atoms with E-state index in [1.807, 2.05) is 5.38 Å². The fourth-order valence-corrected chi connectivity index (χ4v) is 4.28. The van der Waals surface area contributed by atoms with Crippen molar-refractivity contribution in [2.24, 2.45) is 5.92 Å². The summed E-state index contributed by atoms with van der Waals surface area (Å²) < 4.78 is 0. The molecule has 1 aliphatic heterocycles. The molecule has 0 radical (unpaired) electrons. The summed E-state index contributed by atoms with van der Waals surface area (Å²) in [6.07, 6.45) is 1.62. The van der Waals surface area contributed by atoms with Crippen molar-refractivity contribution in [1.29, 1.82) is 0 Å². The van der Waals surface area contributed by atoms with Crippen molar-refractivity contribution < 1.29 is 9.59 Å². The van der Waals surface area contributed by atoms with Gasteiger partial charge in [-0.25, -0.2) is 9.78 Å². The minimum absolute atomic E-state index is 0.0524. The summed E-state index contributed by atoms with van der Waals surface area (Å²) in [5.41, 5.74) is 1.17. The molecule has 0 spiro atoms. The van der Waals surface area contributed by atoms with Crippen LogP contribution >= 0.6 is 22.9 Å². The molecular formula is C20H25ClN4O2S. The third kappa shape index (κ3) is 5.45. The molecule has 1 aromatic carbocycles. The Hall–Kier alpha value is -2.12. The number of urea groups is 1. The number of carbonyl (C=O) groups is 2. The van der Waals surface area contributed by atoms with Crippen LogP contribution in [0.15, 0.2) is 29.6 Å². The molecule has 1 aromatic heterocycles. The molecular weight excluding hydrogens is 396 g/mol. The molecule has 0 bridgehead atoms. The first-order chi connectivity index (χ1) is 13.4. The smallest absolute Gasteiger partial charge is 0.321 e. The Morgan fingerprint density at radius 3 is 2.71 bits per heavy atom. The lowest BCUT2D eigenvalue weighted by molar-refractivity contribution is 0.0757. The first-order valence-electron chi connectivity index (χ1n) is 9.47. The maximum Gasteiger partial charge on any atom is 0.321 e. The van der Waals surface area contributed by atoms with E-state index in [0.29, 0.717) is 48.5 Å². The molecule has 1 fully saturated rings. The predicted molar refractivity (Wildman–Crippen MR) is 113 cm³/mol. The summed E-state index contributed by atoms with van der Waals surface area (Å²) in [5, 5.41) is 6.28. The van der Waals surface area contributed by atoms with Crippen LogP contribution in [-0.2, 0) is 6.42 Å². The lowest BCUT2D eigenvalue weighted by atomic mass is 10.1. The highest BCUT2D eigenvalue weighted by Crippen LogP contribution is 2.18. The maximum atomic E-state index is 12.8. The van der Waals surface area contributed by atoms with Gasteiger partial charge < -0.3 is 15.1 Å². The summed E-state index contributed by atoms with van der Waals surface area (Å²) in [7, 11) is 0. The highest BCUT2D eigenvalue weighted by molar-refractivity contribution is 7.09. The Balaban J connectivity index is 1.57. The molecule has 1 aliphatic rings. The number of thiazole rings is 1. The maximum absolute atomic E-state index is 12.8. The number of rotatable bonds is 4. The normalized spacial score (nSPS) is 14.9. The number of nitrogens with zero attached hydrogens (tertiary/aromatic N) is 3. The zero-order valence-corrected chi connectivity index (χ0v) is 17.7. The van der Waals surface area contributed by atoms with Crippen LogP contribution < -0.4 is 5.32 Å². The summed E-state index contributed by atoms with van der Waals surface area (Å²) in [4.78, 5) is 33.4. The van der Waals surface area contributed by atoms with Crippen LogP contribution in [0.3, 0.4) is 0 Å². The number of aromatic nitrogens is 1. The predicted octanol–water partition coefficient (Wildman–Crippen LogP) is 4.38. The number of hydrogen-bond acceptors (Lipinski definition) is 4. The average molecular weight is 421 g/mol. The topological polar surface area (TPSA) is 65.5 Å². The molecule has 1 N–H and O–H groups in total. The summed E-state index contributed by atoms with van der Waals surface area (Å²) >= 11 is 7.51. The fraction of sp³-hybridized carbons (Fsp3) is 0.450. The van der Waals surface area contributed by atoms with Gasteiger partial charge in [-0.1, -0.05) is 31.5 Å². The highest BCUT2D eigenvalue weighted by Gasteiger charge is 2.24. The number of hydrogen-bond donors (Lipinski definition) is 1. The second kappa shape index (κ2) is 9.39. The standard InChI is InChI=1S/C20H25ClN4O2S/c1-14(2)11-18-23-17(13-28-18)19(26)24-7-4-8-25(10-9-24)20(27)22-16-6-3-5-15(21)12-16/h3,5-6,12-14H,4,7-11H2,1-2H3,(H,22,27). The molecule has 0 unspecified atom stereocenters. The molecule has 3 amide bonds. The van der Waals surface area contributed by atoms with Gasteiger partial charge in [-0.3, -0.25) is 4.79 Å². The van der Waals surface area contributed by atoms with Crippen molar-refractivity contribution in [2.45, 2.75) is 26.7 Å².